The molecule has 0 fully saturated rings. The Morgan fingerprint density at radius 1 is 1.28 bits per heavy atom. The number of aryl methyl sites for hydroxylation is 2. The zero-order chi connectivity index (χ0) is 13.3. The van der Waals surface area contributed by atoms with Crippen LogP contribution in [0, 0.1) is 6.92 Å². The zero-order valence-electron chi connectivity index (χ0n) is 9.88. The fraction of sp³-hybridized carbons (Fsp3) is 0.182. The molecule has 18 heavy (non-hydrogen) atoms. The van der Waals surface area contributed by atoms with Gasteiger partial charge in [0.2, 0.25) is 0 Å². The fourth-order valence-corrected chi connectivity index (χ4v) is 2.61. The molecular weight excluding hydrogens is 274 g/mol. The van der Waals surface area contributed by atoms with E-state index in [-0.39, 0.29) is 5.03 Å². The van der Waals surface area contributed by atoms with E-state index in [4.69, 9.17) is 11.6 Å². The number of hydrogen-bond acceptors (Lipinski definition) is 3. The average Bonchev–Trinajstić information content (AvgIpc) is 2.63. The third-order valence-corrected chi connectivity index (χ3v) is 3.96. The van der Waals surface area contributed by atoms with Crippen molar-refractivity contribution >= 4 is 27.3 Å². The minimum atomic E-state index is -3.65. The third-order valence-electron chi connectivity index (χ3n) is 2.46. The van der Waals surface area contributed by atoms with E-state index in [2.05, 4.69) is 9.71 Å². The second-order valence-corrected chi connectivity index (χ2v) is 5.92. The van der Waals surface area contributed by atoms with Crippen LogP contribution in [0.25, 0.3) is 0 Å². The van der Waals surface area contributed by atoms with Gasteiger partial charge < -0.3 is 4.57 Å². The normalized spacial score (nSPS) is 11.5. The van der Waals surface area contributed by atoms with Crippen LogP contribution >= 0.6 is 11.6 Å². The second kappa shape index (κ2) is 4.62. The number of benzene rings is 1. The Morgan fingerprint density at radius 3 is 2.39 bits per heavy atom. The number of sulfonamides is 1. The molecule has 0 saturated heterocycles. The summed E-state index contributed by atoms with van der Waals surface area (Å²) < 4.78 is 28.2. The Bertz CT molecular complexity index is 643. The number of nitrogens with one attached hydrogen (secondary N) is 1. The summed E-state index contributed by atoms with van der Waals surface area (Å²) in [6.45, 7) is 1.74. The van der Waals surface area contributed by atoms with Crippen molar-refractivity contribution in [1.82, 2.24) is 9.55 Å². The van der Waals surface area contributed by atoms with Gasteiger partial charge in [0, 0.05) is 24.0 Å². The van der Waals surface area contributed by atoms with Gasteiger partial charge in [0.1, 0.15) is 5.82 Å². The summed E-state index contributed by atoms with van der Waals surface area (Å²) in [4.78, 5) is 3.98. The number of anilines is 1. The van der Waals surface area contributed by atoms with Crippen LogP contribution in [0.1, 0.15) is 5.82 Å². The van der Waals surface area contributed by atoms with Crippen molar-refractivity contribution < 1.29 is 8.42 Å². The van der Waals surface area contributed by atoms with Gasteiger partial charge in [0.05, 0.1) is 0 Å². The van der Waals surface area contributed by atoms with E-state index >= 15 is 0 Å². The lowest BCUT2D eigenvalue weighted by Gasteiger charge is -2.05. The van der Waals surface area contributed by atoms with Crippen LogP contribution in [0.15, 0.2) is 35.5 Å². The number of nitrogens with zero attached hydrogens (tertiary/aromatic N) is 2. The van der Waals surface area contributed by atoms with Crippen LogP contribution in [-0.2, 0) is 17.1 Å². The van der Waals surface area contributed by atoms with Gasteiger partial charge in [-0.2, -0.15) is 8.42 Å². The predicted molar refractivity (Wildman–Crippen MR) is 70.2 cm³/mol. The van der Waals surface area contributed by atoms with Gasteiger partial charge in [-0.15, -0.1) is 0 Å². The van der Waals surface area contributed by atoms with Crippen LogP contribution in [0.5, 0.6) is 0 Å². The van der Waals surface area contributed by atoms with E-state index in [1.165, 1.54) is 6.20 Å². The average molecular weight is 286 g/mol. The second-order valence-electron chi connectivity index (χ2n) is 3.85. The molecule has 1 N–H and O–H groups in total. The molecule has 7 heteroatoms. The van der Waals surface area contributed by atoms with E-state index in [0.29, 0.717) is 16.5 Å². The minimum absolute atomic E-state index is 0.00236. The van der Waals surface area contributed by atoms with Crippen LogP contribution < -0.4 is 4.72 Å². The number of hydrogen-bond donors (Lipinski definition) is 1. The molecule has 0 amide bonds. The van der Waals surface area contributed by atoms with Gasteiger partial charge in [0.25, 0.3) is 10.0 Å². The highest BCUT2D eigenvalue weighted by Gasteiger charge is 2.18. The van der Waals surface area contributed by atoms with E-state index in [0.717, 1.165) is 0 Å². The first kappa shape index (κ1) is 12.9. The van der Waals surface area contributed by atoms with Crippen molar-refractivity contribution in [3.05, 3.63) is 41.3 Å². The fourth-order valence-electron chi connectivity index (χ4n) is 1.38. The Morgan fingerprint density at radius 2 is 1.89 bits per heavy atom. The maximum absolute atomic E-state index is 12.0. The van der Waals surface area contributed by atoms with Crippen molar-refractivity contribution in [3.8, 4) is 0 Å². The number of aromatic nitrogens is 2. The summed E-state index contributed by atoms with van der Waals surface area (Å²) in [6, 6.07) is 6.41. The monoisotopic (exact) mass is 285 g/mol. The molecule has 1 aromatic carbocycles. The van der Waals surface area contributed by atoms with Gasteiger partial charge >= 0.3 is 0 Å². The predicted octanol–water partition coefficient (Wildman–Crippen LogP) is 2.18. The standard InChI is InChI=1S/C11H12ClN3O2S/c1-8-13-11(7-15(8)2)18(16,17)14-10-5-3-9(12)4-6-10/h3-7,14H,1-2H3. The Balaban J connectivity index is 2.29. The first-order chi connectivity index (χ1) is 8.38. The smallest absolute Gasteiger partial charge is 0.280 e. The summed E-state index contributed by atoms with van der Waals surface area (Å²) in [6.07, 6.45) is 1.47. The lowest BCUT2D eigenvalue weighted by Crippen LogP contribution is -2.13. The molecule has 0 aliphatic heterocycles. The van der Waals surface area contributed by atoms with Crippen LogP contribution in [0.3, 0.4) is 0 Å². The van der Waals surface area contributed by atoms with Gasteiger partial charge in [-0.05, 0) is 31.2 Å². The molecule has 1 aromatic heterocycles. The maximum atomic E-state index is 12.0. The molecule has 2 rings (SSSR count). The quantitative estimate of drug-likeness (QED) is 0.940. The summed E-state index contributed by atoms with van der Waals surface area (Å²) >= 11 is 5.73. The molecule has 2 aromatic rings. The Hall–Kier alpha value is -1.53. The highest BCUT2D eigenvalue weighted by molar-refractivity contribution is 7.92. The lowest BCUT2D eigenvalue weighted by atomic mass is 10.3. The van der Waals surface area contributed by atoms with E-state index in [1.807, 2.05) is 0 Å². The molecule has 0 aliphatic carbocycles. The summed E-state index contributed by atoms with van der Waals surface area (Å²) in [5, 5.41) is 0.545. The molecular formula is C11H12ClN3O2S. The first-order valence-corrected chi connectivity index (χ1v) is 7.03. The van der Waals surface area contributed by atoms with E-state index in [9.17, 15) is 8.42 Å². The topological polar surface area (TPSA) is 64.0 Å². The SMILES string of the molecule is Cc1nc(S(=O)(=O)Nc2ccc(Cl)cc2)cn1C. The first-order valence-electron chi connectivity index (χ1n) is 5.17. The summed E-state index contributed by atoms with van der Waals surface area (Å²) in [5.41, 5.74) is 0.447. The number of halogens is 1. The molecule has 1 heterocycles. The zero-order valence-corrected chi connectivity index (χ0v) is 11.5. The van der Waals surface area contributed by atoms with Crippen LogP contribution in [-0.4, -0.2) is 18.0 Å². The molecule has 5 nitrogen and oxygen atoms in total. The van der Waals surface area contributed by atoms with Crippen molar-refractivity contribution in [2.75, 3.05) is 4.72 Å². The van der Waals surface area contributed by atoms with Crippen LogP contribution in [0.4, 0.5) is 5.69 Å². The van der Waals surface area contributed by atoms with Crippen molar-refractivity contribution in [3.63, 3.8) is 0 Å². The molecule has 0 spiro atoms. The molecule has 0 saturated carbocycles. The van der Waals surface area contributed by atoms with Crippen LogP contribution in [0.2, 0.25) is 5.02 Å². The van der Waals surface area contributed by atoms with E-state index in [1.54, 1.807) is 42.8 Å². The number of rotatable bonds is 3. The number of imidazole rings is 1. The lowest BCUT2D eigenvalue weighted by molar-refractivity contribution is 0.598. The largest absolute Gasteiger partial charge is 0.337 e. The molecule has 96 valence electrons. The highest BCUT2D eigenvalue weighted by Crippen LogP contribution is 2.17. The van der Waals surface area contributed by atoms with Gasteiger partial charge in [-0.3, -0.25) is 4.72 Å². The summed E-state index contributed by atoms with van der Waals surface area (Å²) in [7, 11) is -1.91. The van der Waals surface area contributed by atoms with Crippen molar-refractivity contribution in [2.45, 2.75) is 11.9 Å². The van der Waals surface area contributed by atoms with Gasteiger partial charge in [-0.25, -0.2) is 4.98 Å². The highest BCUT2D eigenvalue weighted by atomic mass is 35.5. The van der Waals surface area contributed by atoms with Gasteiger partial charge in [-0.1, -0.05) is 11.6 Å². The molecule has 0 bridgehead atoms. The van der Waals surface area contributed by atoms with E-state index < -0.39 is 10.0 Å². The minimum Gasteiger partial charge on any atom is -0.337 e. The van der Waals surface area contributed by atoms with Crippen molar-refractivity contribution in [2.24, 2.45) is 7.05 Å². The molecule has 0 radical (unpaired) electrons. The maximum Gasteiger partial charge on any atom is 0.280 e. The molecule has 0 aliphatic rings. The summed E-state index contributed by atoms with van der Waals surface area (Å²) in [5.74, 6) is 0.631. The van der Waals surface area contributed by atoms with Crippen molar-refractivity contribution in [1.29, 1.82) is 0 Å². The molecule has 0 atom stereocenters. The van der Waals surface area contributed by atoms with Gasteiger partial charge in [0.15, 0.2) is 5.03 Å². The third kappa shape index (κ3) is 2.65. The Kier molecular flexibility index (Phi) is 3.32. The Labute approximate surface area is 110 Å². The molecule has 0 unspecified atom stereocenters.